The molecule has 0 amide bonds. The number of fused-ring (bicyclic) bond motifs is 1. The second kappa shape index (κ2) is 4.56. The highest BCUT2D eigenvalue weighted by atomic mass is 32.2. The van der Waals surface area contributed by atoms with E-state index in [9.17, 15) is 8.42 Å². The third-order valence-electron chi connectivity index (χ3n) is 3.27. The second-order valence-electron chi connectivity index (χ2n) is 4.48. The predicted octanol–water partition coefficient (Wildman–Crippen LogP) is -0.571. The Morgan fingerprint density at radius 3 is 2.88 bits per heavy atom. The second-order valence-corrected chi connectivity index (χ2v) is 6.76. The molecular formula is C9H17N3O2S2. The topological polar surface area (TPSA) is 75.4 Å². The Balaban J connectivity index is 1.97. The molecule has 3 N–H and O–H groups in total. The largest absolute Gasteiger partial charge is 0.392 e. The molecule has 92 valence electrons. The molecule has 0 aromatic carbocycles. The smallest absolute Gasteiger partial charge is 0.218 e. The summed E-state index contributed by atoms with van der Waals surface area (Å²) in [5, 5.41) is 0. The lowest BCUT2D eigenvalue weighted by molar-refractivity contribution is 0.309. The average Bonchev–Trinajstić information content (AvgIpc) is 2.66. The number of hydrogen-bond acceptors (Lipinski definition) is 4. The first-order chi connectivity index (χ1) is 7.48. The molecule has 0 aliphatic carbocycles. The normalized spacial score (nSPS) is 30.5. The molecule has 2 fully saturated rings. The highest BCUT2D eigenvalue weighted by molar-refractivity contribution is 7.92. The number of sulfonamides is 1. The van der Waals surface area contributed by atoms with Gasteiger partial charge in [-0.3, -0.25) is 4.90 Å². The van der Waals surface area contributed by atoms with Gasteiger partial charge in [-0.25, -0.2) is 13.1 Å². The van der Waals surface area contributed by atoms with Crippen LogP contribution in [-0.2, 0) is 10.0 Å². The van der Waals surface area contributed by atoms with Crippen molar-refractivity contribution >= 4 is 27.2 Å². The Labute approximate surface area is 101 Å². The third-order valence-corrected chi connectivity index (χ3v) is 4.95. The molecule has 2 aliphatic rings. The fourth-order valence-corrected chi connectivity index (χ4v) is 4.34. The molecule has 0 radical (unpaired) electrons. The van der Waals surface area contributed by atoms with Crippen LogP contribution in [0.4, 0.5) is 0 Å². The van der Waals surface area contributed by atoms with Gasteiger partial charge in [0.2, 0.25) is 10.0 Å². The van der Waals surface area contributed by atoms with E-state index < -0.39 is 10.0 Å². The summed E-state index contributed by atoms with van der Waals surface area (Å²) in [5.74, 6) is -0.244. The van der Waals surface area contributed by atoms with E-state index in [4.69, 9.17) is 5.73 Å². The van der Waals surface area contributed by atoms with Gasteiger partial charge in [-0.1, -0.05) is 12.2 Å². The fourth-order valence-electron chi connectivity index (χ4n) is 2.68. The summed E-state index contributed by atoms with van der Waals surface area (Å²) in [5.41, 5.74) is 5.26. The lowest BCUT2D eigenvalue weighted by Crippen LogP contribution is -2.44. The van der Waals surface area contributed by atoms with Gasteiger partial charge in [-0.2, -0.15) is 0 Å². The predicted molar refractivity (Wildman–Crippen MR) is 66.7 cm³/mol. The molecule has 0 aromatic rings. The van der Waals surface area contributed by atoms with Gasteiger partial charge in [0.1, 0.15) is 5.75 Å². The van der Waals surface area contributed by atoms with Crippen LogP contribution in [0.2, 0.25) is 0 Å². The van der Waals surface area contributed by atoms with Crippen LogP contribution in [0.1, 0.15) is 19.3 Å². The number of rotatable bonds is 4. The maximum atomic E-state index is 11.7. The summed E-state index contributed by atoms with van der Waals surface area (Å²) in [7, 11) is -3.35. The summed E-state index contributed by atoms with van der Waals surface area (Å²) in [6, 6.07) is 0.419. The summed E-state index contributed by atoms with van der Waals surface area (Å²) in [4.78, 5) is 2.38. The van der Waals surface area contributed by atoms with Crippen LogP contribution in [0.5, 0.6) is 0 Å². The molecule has 0 spiro atoms. The minimum atomic E-state index is -3.35. The van der Waals surface area contributed by atoms with Gasteiger partial charge in [0, 0.05) is 18.6 Å². The van der Waals surface area contributed by atoms with Gasteiger partial charge >= 0.3 is 0 Å². The van der Waals surface area contributed by atoms with E-state index in [1.54, 1.807) is 0 Å². The standard InChI is InChI=1S/C9H17N3O2S2/c10-9(15)6-16(13,14)11-7-3-5-12-4-1-2-8(7)12/h7-8,11H,1-6H2,(H2,10,15). The Morgan fingerprint density at radius 1 is 1.44 bits per heavy atom. The molecule has 2 rings (SSSR count). The molecule has 0 bridgehead atoms. The van der Waals surface area contributed by atoms with E-state index in [1.165, 1.54) is 0 Å². The summed E-state index contributed by atoms with van der Waals surface area (Å²) < 4.78 is 26.1. The van der Waals surface area contributed by atoms with E-state index in [0.717, 1.165) is 32.4 Å². The van der Waals surface area contributed by atoms with Crippen LogP contribution in [0.25, 0.3) is 0 Å². The van der Waals surface area contributed by atoms with Crippen molar-refractivity contribution in [2.45, 2.75) is 31.3 Å². The van der Waals surface area contributed by atoms with Gasteiger partial charge in [0.05, 0.1) is 4.99 Å². The molecule has 2 aliphatic heterocycles. The quantitative estimate of drug-likeness (QED) is 0.664. The minimum absolute atomic E-state index is 0.0220. The van der Waals surface area contributed by atoms with Crippen molar-refractivity contribution in [2.24, 2.45) is 5.73 Å². The lowest BCUT2D eigenvalue weighted by atomic mass is 10.1. The number of nitrogens with one attached hydrogen (secondary N) is 1. The lowest BCUT2D eigenvalue weighted by Gasteiger charge is -2.20. The summed E-state index contributed by atoms with van der Waals surface area (Å²) in [6.45, 7) is 2.09. The molecule has 2 saturated heterocycles. The van der Waals surface area contributed by atoms with Gasteiger partial charge < -0.3 is 5.73 Å². The number of thiocarbonyl (C=S) groups is 1. The average molecular weight is 263 g/mol. The van der Waals surface area contributed by atoms with Gasteiger partial charge in [0.15, 0.2) is 0 Å². The Bertz CT molecular complexity index is 382. The molecule has 7 heteroatoms. The maximum Gasteiger partial charge on any atom is 0.218 e. The monoisotopic (exact) mass is 263 g/mol. The van der Waals surface area contributed by atoms with E-state index in [2.05, 4.69) is 21.8 Å². The Hall–Kier alpha value is -0.240. The van der Waals surface area contributed by atoms with Gasteiger partial charge in [0.25, 0.3) is 0 Å². The van der Waals surface area contributed by atoms with Crippen LogP contribution < -0.4 is 10.5 Å². The first kappa shape index (κ1) is 12.2. The summed E-state index contributed by atoms with van der Waals surface area (Å²) in [6.07, 6.45) is 3.14. The van der Waals surface area contributed by atoms with E-state index in [1.807, 2.05) is 0 Å². The van der Waals surface area contributed by atoms with Gasteiger partial charge in [-0.05, 0) is 25.8 Å². The van der Waals surface area contributed by atoms with Crippen LogP contribution in [0.3, 0.4) is 0 Å². The van der Waals surface area contributed by atoms with Crippen molar-refractivity contribution in [3.8, 4) is 0 Å². The first-order valence-corrected chi connectivity index (χ1v) is 7.56. The van der Waals surface area contributed by atoms with Crippen molar-refractivity contribution < 1.29 is 8.42 Å². The van der Waals surface area contributed by atoms with Crippen LogP contribution in [-0.4, -0.2) is 49.2 Å². The zero-order valence-electron chi connectivity index (χ0n) is 9.05. The SMILES string of the molecule is NC(=S)CS(=O)(=O)NC1CCN2CCCC12. The third kappa shape index (κ3) is 2.71. The van der Waals surface area contributed by atoms with Crippen LogP contribution in [0, 0.1) is 0 Å². The molecule has 5 nitrogen and oxygen atoms in total. The Kier molecular flexibility index (Phi) is 3.48. The minimum Gasteiger partial charge on any atom is -0.392 e. The zero-order valence-corrected chi connectivity index (χ0v) is 10.7. The van der Waals surface area contributed by atoms with Crippen molar-refractivity contribution in [3.05, 3.63) is 0 Å². The van der Waals surface area contributed by atoms with Crippen molar-refractivity contribution in [1.82, 2.24) is 9.62 Å². The molecule has 16 heavy (non-hydrogen) atoms. The van der Waals surface area contributed by atoms with Gasteiger partial charge in [-0.15, -0.1) is 0 Å². The fraction of sp³-hybridized carbons (Fsp3) is 0.889. The summed E-state index contributed by atoms with van der Waals surface area (Å²) >= 11 is 4.63. The first-order valence-electron chi connectivity index (χ1n) is 5.50. The molecule has 2 atom stereocenters. The maximum absolute atomic E-state index is 11.7. The Morgan fingerprint density at radius 2 is 2.19 bits per heavy atom. The van der Waals surface area contributed by atoms with Crippen molar-refractivity contribution in [1.29, 1.82) is 0 Å². The molecule has 0 saturated carbocycles. The highest BCUT2D eigenvalue weighted by Gasteiger charge is 2.38. The van der Waals surface area contributed by atoms with Crippen molar-refractivity contribution in [3.63, 3.8) is 0 Å². The van der Waals surface area contributed by atoms with E-state index >= 15 is 0 Å². The highest BCUT2D eigenvalue weighted by Crippen LogP contribution is 2.28. The zero-order chi connectivity index (χ0) is 11.8. The number of nitrogens with zero attached hydrogens (tertiary/aromatic N) is 1. The number of hydrogen-bond donors (Lipinski definition) is 2. The molecule has 2 heterocycles. The van der Waals surface area contributed by atoms with Crippen LogP contribution in [0.15, 0.2) is 0 Å². The van der Waals surface area contributed by atoms with E-state index in [-0.39, 0.29) is 16.8 Å². The van der Waals surface area contributed by atoms with Crippen molar-refractivity contribution in [2.75, 3.05) is 18.8 Å². The molecule has 2 unspecified atom stereocenters. The molecular weight excluding hydrogens is 246 g/mol. The molecule has 0 aromatic heterocycles. The van der Waals surface area contributed by atoms with E-state index in [0.29, 0.717) is 6.04 Å². The van der Waals surface area contributed by atoms with Crippen LogP contribution >= 0.6 is 12.2 Å². The number of nitrogens with two attached hydrogens (primary N) is 1.